The van der Waals surface area contributed by atoms with Gasteiger partial charge in [-0.1, -0.05) is 12.1 Å². The molecule has 18 heteroatoms. The third-order valence-corrected chi connectivity index (χ3v) is 18.2. The van der Waals surface area contributed by atoms with Crippen molar-refractivity contribution in [3.8, 4) is 5.75 Å². The van der Waals surface area contributed by atoms with Crippen molar-refractivity contribution in [3.63, 3.8) is 0 Å². The van der Waals surface area contributed by atoms with Crippen LogP contribution in [0.3, 0.4) is 0 Å². The van der Waals surface area contributed by atoms with E-state index in [4.69, 9.17) is 9.47 Å². The van der Waals surface area contributed by atoms with E-state index < -0.39 is 54.3 Å². The molecular weight excluding hydrogens is 791 g/mol. The van der Waals surface area contributed by atoms with Crippen LogP contribution in [0.5, 0.6) is 5.75 Å². The molecule has 3 aliphatic heterocycles. The van der Waals surface area contributed by atoms with Crippen molar-refractivity contribution in [1.29, 1.82) is 0 Å². The number of nitro groups is 1. The molecule has 12 atom stereocenters. The number of halogens is 2. The number of thioether (sulfide) groups is 1. The van der Waals surface area contributed by atoms with E-state index in [1.807, 2.05) is 12.1 Å². The minimum absolute atomic E-state index is 0.00170. The van der Waals surface area contributed by atoms with Gasteiger partial charge in [-0.25, -0.2) is 22.6 Å². The van der Waals surface area contributed by atoms with Crippen LogP contribution in [0.1, 0.15) is 90.5 Å². The zero-order valence-corrected chi connectivity index (χ0v) is 36.7. The van der Waals surface area contributed by atoms with Crippen molar-refractivity contribution in [3.05, 3.63) is 39.9 Å². The molecule has 2 saturated carbocycles. The quantitative estimate of drug-likeness (QED) is 0.119. The van der Waals surface area contributed by atoms with E-state index in [0.717, 1.165) is 57.6 Å². The maximum atomic E-state index is 16.3. The van der Waals surface area contributed by atoms with Crippen LogP contribution in [0.4, 0.5) is 8.78 Å². The lowest BCUT2D eigenvalue weighted by Crippen LogP contribution is -2.75. The highest BCUT2D eigenvalue weighted by Gasteiger charge is 2.55. The number of methoxy groups -OCH3 is 2. The molecule has 1 aromatic carbocycles. The zero-order chi connectivity index (χ0) is 41.8. The monoisotopic (exact) mass is 858 g/mol. The summed E-state index contributed by atoms with van der Waals surface area (Å²) in [4.78, 5) is 15.8. The fourth-order valence-electron chi connectivity index (χ4n) is 10.0. The molecule has 330 valence electrons. The number of hydrogen-bond acceptors (Lipinski definition) is 14. The van der Waals surface area contributed by atoms with Gasteiger partial charge in [0.05, 0.1) is 35.6 Å². The van der Waals surface area contributed by atoms with Gasteiger partial charge in [-0.2, -0.15) is 0 Å². The Morgan fingerprint density at radius 1 is 1.03 bits per heavy atom. The molecule has 12 unspecified atom stereocenters. The maximum absolute atomic E-state index is 16.3. The first-order valence-corrected chi connectivity index (χ1v) is 23.8. The lowest BCUT2D eigenvalue weighted by Gasteiger charge is -2.50. The molecule has 5 aliphatic rings. The van der Waals surface area contributed by atoms with Gasteiger partial charge in [0.1, 0.15) is 23.5 Å². The normalized spacial score (nSPS) is 35.9. The number of piperidine rings is 1. The molecule has 3 heterocycles. The third-order valence-electron chi connectivity index (χ3n) is 13.7. The summed E-state index contributed by atoms with van der Waals surface area (Å²) in [5.41, 5.74) is 7.53. The number of nitrogens with zero attached hydrogens (tertiary/aromatic N) is 3. The van der Waals surface area contributed by atoms with Crippen molar-refractivity contribution >= 4 is 21.6 Å². The van der Waals surface area contributed by atoms with Crippen LogP contribution in [0.15, 0.2) is 24.3 Å². The Morgan fingerprint density at radius 2 is 1.76 bits per heavy atom. The molecule has 0 radical (unpaired) electrons. The highest BCUT2D eigenvalue weighted by atomic mass is 32.2. The highest BCUT2D eigenvalue weighted by Crippen LogP contribution is 2.45. The molecule has 14 nitrogen and oxygen atoms in total. The van der Waals surface area contributed by atoms with E-state index in [-0.39, 0.29) is 55.8 Å². The summed E-state index contributed by atoms with van der Waals surface area (Å²) >= 11 is 1.46. The van der Waals surface area contributed by atoms with Gasteiger partial charge < -0.3 is 14.4 Å². The number of benzene rings is 1. The van der Waals surface area contributed by atoms with Crippen molar-refractivity contribution in [2.45, 2.75) is 161 Å². The lowest BCUT2D eigenvalue weighted by atomic mass is 9.77. The minimum atomic E-state index is -4.02. The summed E-state index contributed by atoms with van der Waals surface area (Å²) in [6, 6.07) is 7.11. The van der Waals surface area contributed by atoms with Gasteiger partial charge in [-0.15, -0.1) is 11.8 Å². The SMILES string of the molecule is COc1ccc(CN(C)CCC2CCN(C3NC(SC4CCC(S(=O)(=O)C(C)(C)C5CCCC([N+](=O)[O-])C5F)CC4F)NC(NC4CC(C)NN4)C3OC)CC2)cc1. The number of hydrazine groups is 1. The Balaban J connectivity index is 1.06. The van der Waals surface area contributed by atoms with E-state index in [2.05, 4.69) is 62.7 Å². The second kappa shape index (κ2) is 20.0. The summed E-state index contributed by atoms with van der Waals surface area (Å²) in [7, 11) is 1.56. The van der Waals surface area contributed by atoms with Crippen LogP contribution in [-0.4, -0.2) is 134 Å². The largest absolute Gasteiger partial charge is 0.497 e. The Bertz CT molecular complexity index is 1590. The number of ether oxygens (including phenoxy) is 2. The summed E-state index contributed by atoms with van der Waals surface area (Å²) in [5, 5.41) is 21.2. The van der Waals surface area contributed by atoms with Crippen LogP contribution < -0.4 is 31.5 Å². The van der Waals surface area contributed by atoms with Crippen LogP contribution in [0.2, 0.25) is 0 Å². The van der Waals surface area contributed by atoms with Crippen molar-refractivity contribution in [2.24, 2.45) is 11.8 Å². The Kier molecular flexibility index (Phi) is 15.8. The average Bonchev–Trinajstić information content (AvgIpc) is 3.61. The smallest absolute Gasteiger partial charge is 0.244 e. The van der Waals surface area contributed by atoms with Gasteiger partial charge in [-0.05, 0) is 129 Å². The Labute approximate surface area is 348 Å². The molecule has 3 saturated heterocycles. The first-order valence-electron chi connectivity index (χ1n) is 21.3. The molecular formula is C40H68F2N8O6S2. The van der Waals surface area contributed by atoms with Crippen molar-refractivity contribution in [1.82, 2.24) is 36.6 Å². The van der Waals surface area contributed by atoms with Crippen LogP contribution >= 0.6 is 11.8 Å². The second-order valence-corrected chi connectivity index (χ2v) is 22.1. The summed E-state index contributed by atoms with van der Waals surface area (Å²) in [6.07, 6.45) is 1.37. The number of hydrogen-bond donors (Lipinski definition) is 5. The lowest BCUT2D eigenvalue weighted by molar-refractivity contribution is -0.536. The predicted molar refractivity (Wildman–Crippen MR) is 224 cm³/mol. The topological polar surface area (TPSA) is 162 Å². The molecule has 6 rings (SSSR count). The third kappa shape index (κ3) is 10.6. The van der Waals surface area contributed by atoms with E-state index in [1.165, 1.54) is 31.2 Å². The van der Waals surface area contributed by atoms with Crippen molar-refractivity contribution in [2.75, 3.05) is 40.9 Å². The van der Waals surface area contributed by atoms with Gasteiger partial charge in [0, 0.05) is 42.2 Å². The fourth-order valence-corrected chi connectivity index (χ4v) is 13.8. The van der Waals surface area contributed by atoms with Crippen LogP contribution in [0.25, 0.3) is 0 Å². The zero-order valence-electron chi connectivity index (χ0n) is 35.1. The van der Waals surface area contributed by atoms with E-state index >= 15 is 8.78 Å². The standard InChI is InChI=1S/C40H68F2N8O6S2/c1-25-22-34(47-46-25)43-37-36(56-6)38(49-20-17-26(18-21-49)16-19-48(4)24-27-10-12-28(55-5)13-11-27)45-39(44-37)57-33-15-14-29(23-31(33)41)58(53,54)40(2,3)30-8-7-9-32(35(30)42)50(51)52/h10-13,25-26,29-39,43-47H,7-9,14-24H2,1-6H3. The van der Waals surface area contributed by atoms with Gasteiger partial charge in [0.25, 0.3) is 0 Å². The summed E-state index contributed by atoms with van der Waals surface area (Å²) in [6.45, 7) is 8.78. The molecule has 0 amide bonds. The van der Waals surface area contributed by atoms with Crippen LogP contribution in [-0.2, 0) is 21.1 Å². The number of alkyl halides is 2. The van der Waals surface area contributed by atoms with E-state index in [9.17, 15) is 18.5 Å². The summed E-state index contributed by atoms with van der Waals surface area (Å²) in [5.74, 6) is 0.459. The van der Waals surface area contributed by atoms with Gasteiger partial charge in [0.15, 0.2) is 16.0 Å². The minimum Gasteiger partial charge on any atom is -0.497 e. The van der Waals surface area contributed by atoms with Gasteiger partial charge in [0.2, 0.25) is 6.04 Å². The predicted octanol–water partition coefficient (Wildman–Crippen LogP) is 4.14. The Morgan fingerprint density at radius 3 is 2.38 bits per heavy atom. The first-order chi connectivity index (χ1) is 27.6. The average molecular weight is 859 g/mol. The molecule has 0 spiro atoms. The number of sulfone groups is 1. The van der Waals surface area contributed by atoms with Crippen molar-refractivity contribution < 1.29 is 31.6 Å². The molecule has 5 N–H and O–H groups in total. The molecule has 5 fully saturated rings. The maximum Gasteiger partial charge on any atom is 0.244 e. The van der Waals surface area contributed by atoms with E-state index in [0.29, 0.717) is 24.8 Å². The molecule has 0 bridgehead atoms. The van der Waals surface area contributed by atoms with E-state index in [1.54, 1.807) is 14.2 Å². The highest BCUT2D eigenvalue weighted by molar-refractivity contribution is 8.00. The second-order valence-electron chi connectivity index (χ2n) is 17.9. The summed E-state index contributed by atoms with van der Waals surface area (Å²) < 4.78 is 69.9. The van der Waals surface area contributed by atoms with Crippen LogP contribution in [0, 0.1) is 22.0 Å². The van der Waals surface area contributed by atoms with Gasteiger partial charge >= 0.3 is 0 Å². The fraction of sp³-hybridized carbons (Fsp3) is 0.850. The molecule has 58 heavy (non-hydrogen) atoms. The number of rotatable bonds is 16. The number of likely N-dealkylation sites (tertiary alicyclic amines) is 1. The first kappa shape index (κ1) is 45.8. The number of nitrogens with one attached hydrogen (secondary N) is 5. The van der Waals surface area contributed by atoms with Gasteiger partial charge in [-0.3, -0.25) is 36.4 Å². The molecule has 0 aromatic heterocycles. The molecule has 2 aliphatic carbocycles. The Hall–Kier alpha value is -1.74. The molecule has 1 aromatic rings.